The fourth-order valence-corrected chi connectivity index (χ4v) is 2.98. The molecule has 0 bridgehead atoms. The minimum absolute atomic E-state index is 0.0158. The number of aliphatic hydroxyl groups excluding tert-OH is 1. The highest BCUT2D eigenvalue weighted by Gasteiger charge is 2.21. The van der Waals surface area contributed by atoms with Crippen LogP contribution in [0, 0.1) is 22.7 Å². The first kappa shape index (κ1) is 17.4. The Morgan fingerprint density at radius 1 is 1.17 bits per heavy atom. The molecule has 0 radical (unpaired) electrons. The summed E-state index contributed by atoms with van der Waals surface area (Å²) in [6, 6.07) is 7.67. The van der Waals surface area contributed by atoms with Crippen LogP contribution in [0.4, 0.5) is 5.82 Å². The molecule has 1 unspecified atom stereocenters. The molecule has 1 heterocycles. The monoisotopic (exact) mass is 342 g/mol. The highest BCUT2D eigenvalue weighted by molar-refractivity contribution is 7.99. The summed E-state index contributed by atoms with van der Waals surface area (Å²) in [4.78, 5) is 4.08. The van der Waals surface area contributed by atoms with E-state index in [1.54, 1.807) is 6.92 Å². The lowest BCUT2D eigenvalue weighted by Crippen LogP contribution is -2.07. The van der Waals surface area contributed by atoms with Gasteiger partial charge in [0.15, 0.2) is 0 Å². The van der Waals surface area contributed by atoms with E-state index in [1.807, 2.05) is 12.1 Å². The number of hydrogen-bond donors (Lipinski definition) is 4. The second-order valence-corrected chi connectivity index (χ2v) is 6.06. The molecule has 0 aliphatic heterocycles. The van der Waals surface area contributed by atoms with E-state index in [0.29, 0.717) is 0 Å². The van der Waals surface area contributed by atoms with E-state index in [0.717, 1.165) is 17.8 Å². The van der Waals surface area contributed by atoms with Crippen molar-refractivity contribution in [3.8, 4) is 34.8 Å². The van der Waals surface area contributed by atoms with E-state index in [4.69, 9.17) is 5.73 Å². The number of nitrogen functional groups attached to an aromatic ring is 1. The van der Waals surface area contributed by atoms with Crippen LogP contribution in [-0.4, -0.2) is 32.2 Å². The molecule has 0 aliphatic carbocycles. The van der Waals surface area contributed by atoms with Gasteiger partial charge in [0, 0.05) is 17.4 Å². The molecule has 8 heteroatoms. The van der Waals surface area contributed by atoms with Gasteiger partial charge in [-0.05, 0) is 24.6 Å². The fraction of sp³-hybridized carbons (Fsp3) is 0.188. The molecule has 1 aromatic heterocycles. The Kier molecular flexibility index (Phi) is 5.14. The number of hydrogen-bond acceptors (Lipinski definition) is 8. The lowest BCUT2D eigenvalue weighted by molar-refractivity contribution is 0.220. The smallest absolute Gasteiger partial charge is 0.143 e. The summed E-state index contributed by atoms with van der Waals surface area (Å²) in [7, 11) is 0. The van der Waals surface area contributed by atoms with Crippen LogP contribution in [0.3, 0.4) is 0 Å². The minimum atomic E-state index is -0.617. The third kappa shape index (κ3) is 3.51. The second-order valence-electron chi connectivity index (χ2n) is 5.05. The van der Waals surface area contributed by atoms with Crippen LogP contribution in [0.15, 0.2) is 23.2 Å². The molecule has 0 fully saturated rings. The first-order chi connectivity index (χ1) is 11.4. The number of nitrogens with two attached hydrogens (primary N) is 1. The number of aromatic nitrogens is 1. The summed E-state index contributed by atoms with van der Waals surface area (Å²) >= 11 is 1.13. The fourth-order valence-electron chi connectivity index (χ4n) is 2.13. The van der Waals surface area contributed by atoms with Gasteiger partial charge >= 0.3 is 0 Å². The van der Waals surface area contributed by atoms with Crippen LogP contribution in [0.5, 0.6) is 11.5 Å². The number of rotatable bonds is 4. The van der Waals surface area contributed by atoms with E-state index in [2.05, 4.69) is 4.98 Å². The highest BCUT2D eigenvalue weighted by Crippen LogP contribution is 2.38. The molecule has 2 rings (SSSR count). The minimum Gasteiger partial charge on any atom is -0.508 e. The van der Waals surface area contributed by atoms with Crippen molar-refractivity contribution in [2.75, 3.05) is 11.5 Å². The third-order valence-corrected chi connectivity index (χ3v) is 4.29. The molecule has 0 spiro atoms. The van der Waals surface area contributed by atoms with Crippen molar-refractivity contribution in [2.45, 2.75) is 18.1 Å². The van der Waals surface area contributed by atoms with Gasteiger partial charge in [0.1, 0.15) is 40.0 Å². The molecule has 24 heavy (non-hydrogen) atoms. The van der Waals surface area contributed by atoms with E-state index in [1.165, 1.54) is 12.1 Å². The standard InChI is InChI=1S/C16H14N4O3S/c1-8(21)7-24-16-13(6-18)14(12(5-17)15(19)20-16)9-2-10(22)4-11(23)3-9/h2-4,8,21-23H,7H2,1H3,(H2,19,20). The molecule has 2 aromatic rings. The number of nitriles is 2. The predicted octanol–water partition coefficient (Wildman–Crippen LogP) is 1.96. The number of phenolic OH excluding ortho intramolecular Hbond substituents is 2. The van der Waals surface area contributed by atoms with Crippen molar-refractivity contribution in [1.82, 2.24) is 4.98 Å². The van der Waals surface area contributed by atoms with Crippen molar-refractivity contribution in [3.05, 3.63) is 29.3 Å². The first-order valence-electron chi connectivity index (χ1n) is 6.85. The predicted molar refractivity (Wildman–Crippen MR) is 89.2 cm³/mol. The van der Waals surface area contributed by atoms with Crippen LogP contribution in [0.1, 0.15) is 18.1 Å². The van der Waals surface area contributed by atoms with Crippen molar-refractivity contribution < 1.29 is 15.3 Å². The quantitative estimate of drug-likeness (QED) is 0.616. The molecule has 7 nitrogen and oxygen atoms in total. The summed E-state index contributed by atoms with van der Waals surface area (Å²) in [5, 5.41) is 48.0. The van der Waals surface area contributed by atoms with Crippen molar-refractivity contribution in [2.24, 2.45) is 0 Å². The van der Waals surface area contributed by atoms with Crippen LogP contribution in [-0.2, 0) is 0 Å². The normalized spacial score (nSPS) is 11.5. The van der Waals surface area contributed by atoms with Crippen LogP contribution in [0.2, 0.25) is 0 Å². The summed E-state index contributed by atoms with van der Waals surface area (Å²) in [6.45, 7) is 1.60. The van der Waals surface area contributed by atoms with Crippen molar-refractivity contribution in [3.63, 3.8) is 0 Å². The number of phenols is 2. The molecule has 1 atom stereocenters. The molecule has 0 amide bonds. The molecule has 122 valence electrons. The maximum atomic E-state index is 9.69. The summed E-state index contributed by atoms with van der Waals surface area (Å²) in [5.74, 6) is -0.210. The van der Waals surface area contributed by atoms with Gasteiger partial charge in [-0.1, -0.05) is 0 Å². The van der Waals surface area contributed by atoms with E-state index >= 15 is 0 Å². The largest absolute Gasteiger partial charge is 0.508 e. The molecule has 0 saturated heterocycles. The number of aromatic hydroxyl groups is 2. The number of pyridine rings is 1. The van der Waals surface area contributed by atoms with Crippen LogP contribution in [0.25, 0.3) is 11.1 Å². The van der Waals surface area contributed by atoms with E-state index in [-0.39, 0.29) is 50.3 Å². The second kappa shape index (κ2) is 7.09. The topological polar surface area (TPSA) is 147 Å². The maximum Gasteiger partial charge on any atom is 0.143 e. The summed E-state index contributed by atoms with van der Waals surface area (Å²) < 4.78 is 0. The number of anilines is 1. The summed E-state index contributed by atoms with van der Waals surface area (Å²) in [6.07, 6.45) is -0.617. The van der Waals surface area contributed by atoms with Crippen LogP contribution >= 0.6 is 11.8 Å². The van der Waals surface area contributed by atoms with Gasteiger partial charge in [0.25, 0.3) is 0 Å². The zero-order valence-electron chi connectivity index (χ0n) is 12.7. The Labute approximate surface area is 142 Å². The molecule has 1 aromatic carbocycles. The van der Waals surface area contributed by atoms with Crippen LogP contribution < -0.4 is 5.73 Å². The van der Waals surface area contributed by atoms with Gasteiger partial charge in [-0.15, -0.1) is 11.8 Å². The zero-order chi connectivity index (χ0) is 17.9. The Bertz CT molecular complexity index is 849. The Hall–Kier alpha value is -2.94. The maximum absolute atomic E-state index is 9.69. The van der Waals surface area contributed by atoms with E-state index in [9.17, 15) is 25.8 Å². The van der Waals surface area contributed by atoms with Gasteiger partial charge in [0.2, 0.25) is 0 Å². The Balaban J connectivity index is 2.76. The zero-order valence-corrected chi connectivity index (χ0v) is 13.5. The highest BCUT2D eigenvalue weighted by atomic mass is 32.2. The Morgan fingerprint density at radius 2 is 1.75 bits per heavy atom. The number of aliphatic hydroxyl groups is 1. The molecular formula is C16H14N4O3S. The van der Waals surface area contributed by atoms with Gasteiger partial charge in [-0.3, -0.25) is 0 Å². The molecule has 5 N–H and O–H groups in total. The average Bonchev–Trinajstić information content (AvgIpc) is 2.51. The number of benzene rings is 1. The lowest BCUT2D eigenvalue weighted by Gasteiger charge is -2.14. The third-order valence-electron chi connectivity index (χ3n) is 3.07. The van der Waals surface area contributed by atoms with Crippen molar-refractivity contribution >= 4 is 17.6 Å². The van der Waals surface area contributed by atoms with Gasteiger partial charge in [-0.2, -0.15) is 10.5 Å². The molecule has 0 aliphatic rings. The van der Waals surface area contributed by atoms with Gasteiger partial charge < -0.3 is 21.1 Å². The average molecular weight is 342 g/mol. The van der Waals surface area contributed by atoms with Crippen molar-refractivity contribution in [1.29, 1.82) is 10.5 Å². The Morgan fingerprint density at radius 3 is 2.25 bits per heavy atom. The van der Waals surface area contributed by atoms with E-state index < -0.39 is 6.10 Å². The molecule has 0 saturated carbocycles. The lowest BCUT2D eigenvalue weighted by atomic mass is 9.96. The number of thioether (sulfide) groups is 1. The van der Waals surface area contributed by atoms with Gasteiger partial charge in [-0.25, -0.2) is 4.98 Å². The first-order valence-corrected chi connectivity index (χ1v) is 7.83. The molecular weight excluding hydrogens is 328 g/mol. The van der Waals surface area contributed by atoms with Gasteiger partial charge in [0.05, 0.1) is 11.7 Å². The SMILES string of the molecule is CC(O)CSc1nc(N)c(C#N)c(-c2cc(O)cc(O)c2)c1C#N. The number of nitrogens with zero attached hydrogens (tertiary/aromatic N) is 3. The summed E-state index contributed by atoms with van der Waals surface area (Å²) in [5.41, 5.74) is 6.37.